The number of imidazole rings is 1. The maximum absolute atomic E-state index is 4.26. The Hall–Kier alpha value is -1.31. The van der Waals surface area contributed by atoms with Gasteiger partial charge in [0, 0.05) is 6.20 Å². The van der Waals surface area contributed by atoms with E-state index in [1.807, 2.05) is 12.5 Å². The van der Waals surface area contributed by atoms with Crippen molar-refractivity contribution in [1.82, 2.24) is 9.38 Å². The molecule has 0 aliphatic heterocycles. The summed E-state index contributed by atoms with van der Waals surface area (Å²) in [6.45, 7) is 2.23. The first kappa shape index (κ1) is 11.8. The summed E-state index contributed by atoms with van der Waals surface area (Å²) in [6, 6.07) is 2.21. The van der Waals surface area contributed by atoms with E-state index < -0.39 is 0 Å². The van der Waals surface area contributed by atoms with E-state index in [1.165, 1.54) is 61.6 Å². The number of hydrogen-bond acceptors (Lipinski definition) is 1. The Kier molecular flexibility index (Phi) is 3.35. The second-order valence-electron chi connectivity index (χ2n) is 5.71. The van der Waals surface area contributed by atoms with Crippen LogP contribution in [-0.4, -0.2) is 9.38 Å². The SMILES string of the molecule is Cc1ccn2cncc2c1CCC1CCCCC1. The Morgan fingerprint density at radius 3 is 2.94 bits per heavy atom. The van der Waals surface area contributed by atoms with Crippen molar-refractivity contribution in [3.63, 3.8) is 0 Å². The maximum Gasteiger partial charge on any atom is 0.0992 e. The zero-order chi connectivity index (χ0) is 12.4. The minimum Gasteiger partial charge on any atom is -0.306 e. The highest BCUT2D eigenvalue weighted by Crippen LogP contribution is 2.28. The number of aromatic nitrogens is 2. The highest BCUT2D eigenvalue weighted by atomic mass is 15.0. The van der Waals surface area contributed by atoms with Crippen LogP contribution in [0.3, 0.4) is 0 Å². The molecule has 3 rings (SSSR count). The molecule has 2 nitrogen and oxygen atoms in total. The third kappa shape index (κ3) is 2.29. The lowest BCUT2D eigenvalue weighted by atomic mass is 9.85. The van der Waals surface area contributed by atoms with Crippen LogP contribution < -0.4 is 0 Å². The van der Waals surface area contributed by atoms with Crippen molar-refractivity contribution in [1.29, 1.82) is 0 Å². The molecular formula is C16H22N2. The fourth-order valence-electron chi connectivity index (χ4n) is 3.30. The molecule has 2 heteroatoms. The van der Waals surface area contributed by atoms with Crippen molar-refractivity contribution in [2.24, 2.45) is 5.92 Å². The summed E-state index contributed by atoms with van der Waals surface area (Å²) < 4.78 is 2.14. The summed E-state index contributed by atoms with van der Waals surface area (Å²) in [4.78, 5) is 4.26. The fraction of sp³-hybridized carbons (Fsp3) is 0.562. The van der Waals surface area contributed by atoms with E-state index >= 15 is 0 Å². The summed E-state index contributed by atoms with van der Waals surface area (Å²) in [5.41, 5.74) is 4.21. The van der Waals surface area contributed by atoms with Crippen molar-refractivity contribution < 1.29 is 0 Å². The average molecular weight is 242 g/mol. The first-order valence-electron chi connectivity index (χ1n) is 7.25. The quantitative estimate of drug-likeness (QED) is 0.790. The Balaban J connectivity index is 1.76. The number of rotatable bonds is 3. The van der Waals surface area contributed by atoms with Gasteiger partial charge < -0.3 is 4.40 Å². The van der Waals surface area contributed by atoms with Gasteiger partial charge in [-0.2, -0.15) is 0 Å². The van der Waals surface area contributed by atoms with Gasteiger partial charge >= 0.3 is 0 Å². The minimum atomic E-state index is 0.960. The molecule has 2 heterocycles. The third-order valence-corrected chi connectivity index (χ3v) is 4.46. The summed E-state index contributed by atoms with van der Waals surface area (Å²) in [6.07, 6.45) is 15.8. The lowest BCUT2D eigenvalue weighted by Crippen LogP contribution is -2.08. The van der Waals surface area contributed by atoms with Gasteiger partial charge in [0.15, 0.2) is 0 Å². The van der Waals surface area contributed by atoms with Crippen molar-refractivity contribution in [3.8, 4) is 0 Å². The van der Waals surface area contributed by atoms with Crippen molar-refractivity contribution in [2.45, 2.75) is 51.9 Å². The molecular weight excluding hydrogens is 220 g/mol. The molecule has 0 atom stereocenters. The molecule has 2 aromatic rings. The van der Waals surface area contributed by atoms with Gasteiger partial charge in [-0.1, -0.05) is 32.1 Å². The van der Waals surface area contributed by atoms with E-state index in [0.29, 0.717) is 0 Å². The fourth-order valence-corrected chi connectivity index (χ4v) is 3.30. The Labute approximate surface area is 109 Å². The molecule has 0 aromatic carbocycles. The molecule has 96 valence electrons. The van der Waals surface area contributed by atoms with E-state index in [-0.39, 0.29) is 0 Å². The maximum atomic E-state index is 4.26. The minimum absolute atomic E-state index is 0.960. The van der Waals surface area contributed by atoms with Crippen molar-refractivity contribution in [2.75, 3.05) is 0 Å². The predicted octanol–water partition coefficient (Wildman–Crippen LogP) is 4.16. The van der Waals surface area contributed by atoms with Gasteiger partial charge in [0.2, 0.25) is 0 Å². The van der Waals surface area contributed by atoms with E-state index in [1.54, 1.807) is 0 Å². The lowest BCUT2D eigenvalue weighted by molar-refractivity contribution is 0.339. The molecule has 1 saturated carbocycles. The Morgan fingerprint density at radius 1 is 1.28 bits per heavy atom. The van der Waals surface area contributed by atoms with Gasteiger partial charge in [-0.05, 0) is 42.9 Å². The molecule has 0 radical (unpaired) electrons. The average Bonchev–Trinajstić information content (AvgIpc) is 2.87. The Morgan fingerprint density at radius 2 is 2.11 bits per heavy atom. The van der Waals surface area contributed by atoms with Crippen LogP contribution in [0.5, 0.6) is 0 Å². The zero-order valence-corrected chi connectivity index (χ0v) is 11.2. The summed E-state index contributed by atoms with van der Waals surface area (Å²) in [7, 11) is 0. The van der Waals surface area contributed by atoms with Crippen LogP contribution in [0.15, 0.2) is 24.8 Å². The number of fused-ring (bicyclic) bond motifs is 1. The van der Waals surface area contributed by atoms with Gasteiger partial charge in [-0.15, -0.1) is 0 Å². The van der Waals surface area contributed by atoms with Crippen molar-refractivity contribution >= 4 is 5.52 Å². The molecule has 2 aromatic heterocycles. The molecule has 0 saturated heterocycles. The van der Waals surface area contributed by atoms with Crippen LogP contribution in [0.25, 0.3) is 5.52 Å². The molecule has 18 heavy (non-hydrogen) atoms. The number of nitrogens with zero attached hydrogens (tertiary/aromatic N) is 2. The predicted molar refractivity (Wildman–Crippen MR) is 74.8 cm³/mol. The van der Waals surface area contributed by atoms with Crippen LogP contribution in [0, 0.1) is 12.8 Å². The summed E-state index contributed by atoms with van der Waals surface area (Å²) in [5.74, 6) is 0.960. The van der Waals surface area contributed by atoms with E-state index in [0.717, 1.165) is 5.92 Å². The first-order valence-corrected chi connectivity index (χ1v) is 7.25. The molecule has 0 unspecified atom stereocenters. The van der Waals surface area contributed by atoms with Gasteiger partial charge in [0.25, 0.3) is 0 Å². The molecule has 0 bridgehead atoms. The van der Waals surface area contributed by atoms with E-state index in [4.69, 9.17) is 0 Å². The van der Waals surface area contributed by atoms with Crippen LogP contribution in [0.1, 0.15) is 49.7 Å². The molecule has 1 fully saturated rings. The molecule has 1 aliphatic carbocycles. The van der Waals surface area contributed by atoms with Gasteiger partial charge in [-0.3, -0.25) is 0 Å². The molecule has 0 amide bonds. The van der Waals surface area contributed by atoms with Gasteiger partial charge in [-0.25, -0.2) is 4.98 Å². The van der Waals surface area contributed by atoms with Gasteiger partial charge in [0.1, 0.15) is 0 Å². The molecule has 0 N–H and O–H groups in total. The highest BCUT2D eigenvalue weighted by Gasteiger charge is 2.14. The van der Waals surface area contributed by atoms with Crippen molar-refractivity contribution in [3.05, 3.63) is 35.9 Å². The zero-order valence-electron chi connectivity index (χ0n) is 11.2. The lowest BCUT2D eigenvalue weighted by Gasteiger charge is -2.21. The van der Waals surface area contributed by atoms with E-state index in [2.05, 4.69) is 28.6 Å². The highest BCUT2D eigenvalue weighted by molar-refractivity contribution is 5.56. The number of pyridine rings is 1. The number of aryl methyl sites for hydroxylation is 2. The second kappa shape index (κ2) is 5.13. The normalized spacial score (nSPS) is 17.4. The first-order chi connectivity index (χ1) is 8.84. The Bertz CT molecular complexity index is 521. The second-order valence-corrected chi connectivity index (χ2v) is 5.71. The largest absolute Gasteiger partial charge is 0.306 e. The standard InChI is InChI=1S/C16H22N2/c1-13-9-10-18-12-17-11-16(18)15(13)8-7-14-5-3-2-4-6-14/h9-12,14H,2-8H2,1H3. The summed E-state index contributed by atoms with van der Waals surface area (Å²) in [5, 5.41) is 0. The van der Waals surface area contributed by atoms with Crippen LogP contribution >= 0.6 is 0 Å². The third-order valence-electron chi connectivity index (χ3n) is 4.46. The van der Waals surface area contributed by atoms with Crippen LogP contribution in [0.2, 0.25) is 0 Å². The topological polar surface area (TPSA) is 17.3 Å². The number of hydrogen-bond donors (Lipinski definition) is 0. The molecule has 0 spiro atoms. The smallest absolute Gasteiger partial charge is 0.0992 e. The van der Waals surface area contributed by atoms with Crippen LogP contribution in [0.4, 0.5) is 0 Å². The monoisotopic (exact) mass is 242 g/mol. The molecule has 1 aliphatic rings. The summed E-state index contributed by atoms with van der Waals surface area (Å²) >= 11 is 0. The van der Waals surface area contributed by atoms with Gasteiger partial charge in [0.05, 0.1) is 18.0 Å². The van der Waals surface area contributed by atoms with E-state index in [9.17, 15) is 0 Å². The van der Waals surface area contributed by atoms with Crippen LogP contribution in [-0.2, 0) is 6.42 Å².